The van der Waals surface area contributed by atoms with Gasteiger partial charge in [0, 0.05) is 25.4 Å². The molecule has 1 aliphatic rings. The molecule has 5 atom stereocenters. The summed E-state index contributed by atoms with van der Waals surface area (Å²) in [7, 11) is -2.32. The number of nitrogen functional groups attached to an aromatic ring is 1. The Morgan fingerprint density at radius 3 is 2.72 bits per heavy atom. The van der Waals surface area contributed by atoms with Crippen molar-refractivity contribution in [3.8, 4) is 5.75 Å². The number of benzene rings is 1. The van der Waals surface area contributed by atoms with Gasteiger partial charge in [-0.25, -0.2) is 19.6 Å². The molecule has 12 nitrogen and oxygen atoms in total. The number of aliphatic hydroxyl groups is 1. The molecule has 14 heteroatoms. The van der Waals surface area contributed by atoms with Crippen molar-refractivity contribution >= 4 is 41.8 Å². The first-order valence-electron chi connectivity index (χ1n) is 11.2. The Kier molecular flexibility index (Phi) is 7.62. The summed E-state index contributed by atoms with van der Waals surface area (Å²) < 4.78 is 38.2. The maximum absolute atomic E-state index is 13.3. The van der Waals surface area contributed by atoms with Crippen LogP contribution >= 0.6 is 20.0 Å². The van der Waals surface area contributed by atoms with Crippen LogP contribution in [0.5, 0.6) is 5.75 Å². The SMILES string of the molecule is CCNP(=O)(OCC1O[C@@H](n2cc(C(N)=S)c3c(N)ncnc32)[C@](C)(OC)C1O)Oc1ccccc1. The van der Waals surface area contributed by atoms with Crippen LogP contribution < -0.4 is 21.1 Å². The molecule has 1 aromatic carbocycles. The molecule has 4 rings (SSSR count). The average Bonchev–Trinajstić information content (AvgIpc) is 3.36. The number of nitrogens with zero attached hydrogens (tertiary/aromatic N) is 3. The molecule has 0 spiro atoms. The number of thiocarbonyl (C=S) groups is 1. The number of aliphatic hydroxyl groups excluding tert-OH is 1. The van der Waals surface area contributed by atoms with Crippen LogP contribution in [0.4, 0.5) is 5.82 Å². The third-order valence-corrected chi connectivity index (χ3v) is 7.92. The Hall–Kier alpha value is -2.64. The molecule has 0 bridgehead atoms. The van der Waals surface area contributed by atoms with Crippen LogP contribution in [0.2, 0.25) is 0 Å². The fourth-order valence-electron chi connectivity index (χ4n) is 4.15. The molecule has 2 aromatic heterocycles. The number of nitrogens with two attached hydrogens (primary N) is 2. The second-order valence-electron chi connectivity index (χ2n) is 8.34. The van der Waals surface area contributed by atoms with Crippen molar-refractivity contribution in [2.45, 2.75) is 37.9 Å². The van der Waals surface area contributed by atoms with E-state index in [1.54, 1.807) is 48.9 Å². The van der Waals surface area contributed by atoms with E-state index in [1.165, 1.54) is 13.4 Å². The first kappa shape index (κ1) is 26.4. The Labute approximate surface area is 213 Å². The van der Waals surface area contributed by atoms with Gasteiger partial charge in [-0.2, -0.15) is 0 Å². The largest absolute Gasteiger partial charge is 0.458 e. The zero-order valence-electron chi connectivity index (χ0n) is 20.0. The van der Waals surface area contributed by atoms with E-state index in [4.69, 9.17) is 42.2 Å². The first-order valence-corrected chi connectivity index (χ1v) is 13.1. The quantitative estimate of drug-likeness (QED) is 0.220. The third kappa shape index (κ3) is 4.83. The molecular weight excluding hydrogens is 507 g/mol. The van der Waals surface area contributed by atoms with E-state index in [0.717, 1.165) is 0 Å². The van der Waals surface area contributed by atoms with E-state index in [1.807, 2.05) is 6.07 Å². The van der Waals surface area contributed by atoms with E-state index in [2.05, 4.69) is 15.1 Å². The molecule has 3 aromatic rings. The molecule has 36 heavy (non-hydrogen) atoms. The molecule has 0 radical (unpaired) electrons. The summed E-state index contributed by atoms with van der Waals surface area (Å²) in [6.45, 7) is 3.53. The van der Waals surface area contributed by atoms with Gasteiger partial charge in [-0.1, -0.05) is 37.3 Å². The zero-order chi connectivity index (χ0) is 26.1. The number of para-hydroxylation sites is 1. The number of hydrogen-bond donors (Lipinski definition) is 4. The average molecular weight is 537 g/mol. The maximum Gasteiger partial charge on any atom is 0.458 e. The van der Waals surface area contributed by atoms with Crippen molar-refractivity contribution in [1.82, 2.24) is 19.6 Å². The minimum atomic E-state index is -3.78. The van der Waals surface area contributed by atoms with Crippen molar-refractivity contribution in [2.75, 3.05) is 26.0 Å². The molecule has 1 fully saturated rings. The van der Waals surface area contributed by atoms with Gasteiger partial charge >= 0.3 is 7.75 Å². The lowest BCUT2D eigenvalue weighted by Crippen LogP contribution is -2.46. The molecule has 3 unspecified atom stereocenters. The maximum atomic E-state index is 13.3. The highest BCUT2D eigenvalue weighted by molar-refractivity contribution is 7.80. The van der Waals surface area contributed by atoms with Gasteiger partial charge in [0.2, 0.25) is 0 Å². The van der Waals surface area contributed by atoms with Crippen molar-refractivity contribution in [3.05, 3.63) is 48.4 Å². The minimum Gasteiger partial charge on any atom is -0.413 e. The van der Waals surface area contributed by atoms with Gasteiger partial charge in [0.1, 0.15) is 46.3 Å². The number of methoxy groups -OCH3 is 1. The number of ether oxygens (including phenoxy) is 2. The van der Waals surface area contributed by atoms with Crippen LogP contribution in [0.1, 0.15) is 25.6 Å². The van der Waals surface area contributed by atoms with Gasteiger partial charge in [-0.05, 0) is 19.1 Å². The van der Waals surface area contributed by atoms with Crippen LogP contribution in [-0.4, -0.2) is 62.7 Å². The van der Waals surface area contributed by atoms with Crippen molar-refractivity contribution in [1.29, 1.82) is 0 Å². The van der Waals surface area contributed by atoms with Gasteiger partial charge < -0.3 is 35.1 Å². The van der Waals surface area contributed by atoms with Crippen LogP contribution in [0.15, 0.2) is 42.9 Å². The molecular formula is C22H29N6O6PS. The number of nitrogens with one attached hydrogen (secondary N) is 1. The van der Waals surface area contributed by atoms with Crippen LogP contribution in [0.3, 0.4) is 0 Å². The summed E-state index contributed by atoms with van der Waals surface area (Å²) in [6.07, 6.45) is -0.0563. The molecule has 1 aliphatic heterocycles. The standard InChI is InChI=1S/C22H29N6O6PS/c1-4-27-35(30,34-13-8-6-5-7-9-13)32-11-15-17(29)22(2,31-3)21(33-15)28-10-14(19(24)36)16-18(23)25-12-26-20(16)28/h5-10,12,15,17,21,29H,4,11H2,1-3H3,(H2,24,36)(H,27,30)(H2,23,25,26)/t15?,17?,21-,22-,35?/m1/s1. The number of rotatable bonds is 10. The second kappa shape index (κ2) is 10.4. The molecule has 0 saturated carbocycles. The van der Waals surface area contributed by atoms with Crippen molar-refractivity contribution in [2.24, 2.45) is 5.73 Å². The molecule has 6 N–H and O–H groups in total. The lowest BCUT2D eigenvalue weighted by Gasteiger charge is -2.32. The number of aromatic nitrogens is 3. The van der Waals surface area contributed by atoms with E-state index < -0.39 is 31.8 Å². The highest BCUT2D eigenvalue weighted by Crippen LogP contribution is 2.47. The molecule has 0 aliphatic carbocycles. The summed E-state index contributed by atoms with van der Waals surface area (Å²) in [5, 5.41) is 14.4. The number of anilines is 1. The molecule has 194 valence electrons. The van der Waals surface area contributed by atoms with Crippen LogP contribution in [0, 0.1) is 0 Å². The smallest absolute Gasteiger partial charge is 0.413 e. The highest BCUT2D eigenvalue weighted by Gasteiger charge is 2.55. The number of hydrogen-bond acceptors (Lipinski definition) is 10. The second-order valence-corrected chi connectivity index (χ2v) is 10.5. The van der Waals surface area contributed by atoms with E-state index in [9.17, 15) is 9.67 Å². The summed E-state index contributed by atoms with van der Waals surface area (Å²) in [5.41, 5.74) is 11.6. The Morgan fingerprint density at radius 1 is 1.36 bits per heavy atom. The number of fused-ring (bicyclic) bond motifs is 1. The van der Waals surface area contributed by atoms with Crippen molar-refractivity contribution < 1.29 is 28.2 Å². The van der Waals surface area contributed by atoms with Crippen molar-refractivity contribution in [3.63, 3.8) is 0 Å². The first-order chi connectivity index (χ1) is 17.1. The summed E-state index contributed by atoms with van der Waals surface area (Å²) in [5.74, 6) is 0.569. The molecule has 3 heterocycles. The summed E-state index contributed by atoms with van der Waals surface area (Å²) >= 11 is 5.19. The van der Waals surface area contributed by atoms with Gasteiger partial charge in [-0.15, -0.1) is 0 Å². The van der Waals surface area contributed by atoms with E-state index >= 15 is 0 Å². The predicted molar refractivity (Wildman–Crippen MR) is 137 cm³/mol. The third-order valence-electron chi connectivity index (χ3n) is 6.06. The Balaban J connectivity index is 1.63. The van der Waals surface area contributed by atoms with E-state index in [-0.39, 0.29) is 17.4 Å². The lowest BCUT2D eigenvalue weighted by atomic mass is 9.96. The van der Waals surface area contributed by atoms with Gasteiger partial charge in [0.15, 0.2) is 6.23 Å². The van der Waals surface area contributed by atoms with Crippen LogP contribution in [-0.2, 0) is 18.6 Å². The fraction of sp³-hybridized carbons (Fsp3) is 0.409. The monoisotopic (exact) mass is 536 g/mol. The highest BCUT2D eigenvalue weighted by atomic mass is 32.1. The molecule has 1 saturated heterocycles. The summed E-state index contributed by atoms with van der Waals surface area (Å²) in [4.78, 5) is 8.46. The fourth-order valence-corrected chi connectivity index (χ4v) is 5.64. The lowest BCUT2D eigenvalue weighted by molar-refractivity contribution is -0.118. The Bertz CT molecular complexity index is 1290. The topological polar surface area (TPSA) is 169 Å². The Morgan fingerprint density at radius 2 is 2.08 bits per heavy atom. The molecule has 0 amide bonds. The summed E-state index contributed by atoms with van der Waals surface area (Å²) in [6, 6.07) is 8.64. The predicted octanol–water partition coefficient (Wildman–Crippen LogP) is 2.12. The van der Waals surface area contributed by atoms with Gasteiger partial charge in [-0.3, -0.25) is 4.52 Å². The normalized spacial score (nSPS) is 25.6. The minimum absolute atomic E-state index is 0.0995. The van der Waals surface area contributed by atoms with Gasteiger partial charge in [0.05, 0.1) is 12.0 Å². The zero-order valence-corrected chi connectivity index (χ0v) is 21.7. The van der Waals surface area contributed by atoms with Crippen LogP contribution in [0.25, 0.3) is 11.0 Å². The van der Waals surface area contributed by atoms with Gasteiger partial charge in [0.25, 0.3) is 0 Å². The van der Waals surface area contributed by atoms with E-state index in [0.29, 0.717) is 28.9 Å².